The molecule has 170 valence electrons. The van der Waals surface area contributed by atoms with Crippen LogP contribution in [0.15, 0.2) is 42.0 Å². The summed E-state index contributed by atoms with van der Waals surface area (Å²) in [5.41, 5.74) is -1.35. The second-order valence-electron chi connectivity index (χ2n) is 8.71. The molecule has 2 aliphatic rings. The van der Waals surface area contributed by atoms with Crippen LogP contribution in [0.3, 0.4) is 0 Å². The summed E-state index contributed by atoms with van der Waals surface area (Å²) in [5.74, 6) is 0.306. The Labute approximate surface area is 181 Å². The standard InChI is InChI=1S/C23H30F3N3O2/c1-18-13-22(23(24,25)26,8-7-19(18)14-27)17-29-11-9-28(10-12-29)15-20(30)16-31-21-5-3-2-4-6-21/h2-7,18,20,30H,8-13,15-17H2,1H3. The average Bonchev–Trinajstić information content (AvgIpc) is 2.74. The highest BCUT2D eigenvalue weighted by Gasteiger charge is 2.56. The Morgan fingerprint density at radius 1 is 1.19 bits per heavy atom. The van der Waals surface area contributed by atoms with Gasteiger partial charge in [-0.2, -0.15) is 18.4 Å². The lowest BCUT2D eigenvalue weighted by Crippen LogP contribution is -2.55. The van der Waals surface area contributed by atoms with Crippen LogP contribution in [0.25, 0.3) is 0 Å². The first-order valence-electron chi connectivity index (χ1n) is 10.7. The summed E-state index contributed by atoms with van der Waals surface area (Å²) < 4.78 is 47.7. The van der Waals surface area contributed by atoms with Crippen LogP contribution in [-0.2, 0) is 0 Å². The zero-order chi connectivity index (χ0) is 22.5. The second-order valence-corrected chi connectivity index (χ2v) is 8.71. The van der Waals surface area contributed by atoms with E-state index in [2.05, 4.69) is 4.90 Å². The number of aliphatic hydroxyl groups is 1. The Morgan fingerprint density at radius 3 is 2.42 bits per heavy atom. The number of halogens is 3. The third-order valence-corrected chi connectivity index (χ3v) is 6.32. The fourth-order valence-electron chi connectivity index (χ4n) is 4.51. The van der Waals surface area contributed by atoms with Gasteiger partial charge in [0.25, 0.3) is 0 Å². The molecule has 0 spiro atoms. The number of nitriles is 1. The van der Waals surface area contributed by atoms with Crippen LogP contribution in [0, 0.1) is 22.7 Å². The van der Waals surface area contributed by atoms with Gasteiger partial charge in [0.05, 0.1) is 11.5 Å². The third-order valence-electron chi connectivity index (χ3n) is 6.32. The fourth-order valence-corrected chi connectivity index (χ4v) is 4.51. The van der Waals surface area contributed by atoms with Gasteiger partial charge in [0, 0.05) is 44.8 Å². The minimum absolute atomic E-state index is 0.0500. The fraction of sp³-hybridized carbons (Fsp3) is 0.609. The number of β-amino-alcohol motifs (C(OH)–C–C–N with tert-alkyl or cyclic N) is 1. The van der Waals surface area contributed by atoms with E-state index in [0.717, 1.165) is 0 Å². The molecule has 3 rings (SSSR count). The maximum Gasteiger partial charge on any atom is 0.396 e. The first-order valence-corrected chi connectivity index (χ1v) is 10.7. The summed E-state index contributed by atoms with van der Waals surface area (Å²) in [7, 11) is 0. The number of ether oxygens (including phenoxy) is 1. The summed E-state index contributed by atoms with van der Waals surface area (Å²) >= 11 is 0. The predicted molar refractivity (Wildman–Crippen MR) is 111 cm³/mol. The van der Waals surface area contributed by atoms with Crippen molar-refractivity contribution in [2.45, 2.75) is 32.0 Å². The molecule has 1 aliphatic carbocycles. The lowest BCUT2D eigenvalue weighted by molar-refractivity contribution is -0.236. The maximum atomic E-state index is 14.0. The number of alkyl halides is 3. The van der Waals surface area contributed by atoms with Gasteiger partial charge in [-0.3, -0.25) is 9.80 Å². The van der Waals surface area contributed by atoms with Crippen molar-refractivity contribution in [2.24, 2.45) is 11.3 Å². The van der Waals surface area contributed by atoms with E-state index in [1.165, 1.54) is 6.08 Å². The van der Waals surface area contributed by atoms with Gasteiger partial charge in [-0.25, -0.2) is 0 Å². The lowest BCUT2D eigenvalue weighted by atomic mass is 9.69. The summed E-state index contributed by atoms with van der Waals surface area (Å²) in [4.78, 5) is 3.93. The number of rotatable bonds is 7. The van der Waals surface area contributed by atoms with Gasteiger partial charge in [0.15, 0.2) is 0 Å². The molecular weight excluding hydrogens is 407 g/mol. The summed E-state index contributed by atoms with van der Waals surface area (Å²) in [6.07, 6.45) is -3.70. The number of nitrogens with zero attached hydrogens (tertiary/aromatic N) is 3. The van der Waals surface area contributed by atoms with Crippen molar-refractivity contribution in [1.82, 2.24) is 9.80 Å². The number of allylic oxidation sites excluding steroid dienone is 2. The minimum Gasteiger partial charge on any atom is -0.491 e. The van der Waals surface area contributed by atoms with Crippen LogP contribution >= 0.6 is 0 Å². The topological polar surface area (TPSA) is 59.7 Å². The van der Waals surface area contributed by atoms with E-state index in [4.69, 9.17) is 10.00 Å². The number of piperazine rings is 1. The zero-order valence-electron chi connectivity index (χ0n) is 17.8. The number of benzene rings is 1. The van der Waals surface area contributed by atoms with E-state index in [0.29, 0.717) is 44.0 Å². The molecule has 0 aromatic heterocycles. The quantitative estimate of drug-likeness (QED) is 0.708. The summed E-state index contributed by atoms with van der Waals surface area (Å²) in [6.45, 7) is 4.50. The highest BCUT2D eigenvalue weighted by Crippen LogP contribution is 2.50. The molecule has 0 bridgehead atoms. The third kappa shape index (κ3) is 6.00. The monoisotopic (exact) mass is 437 g/mol. The van der Waals surface area contributed by atoms with Gasteiger partial charge in [0.2, 0.25) is 0 Å². The molecule has 1 aliphatic heterocycles. The van der Waals surface area contributed by atoms with Crippen molar-refractivity contribution < 1.29 is 23.0 Å². The first kappa shape index (κ1) is 23.6. The smallest absolute Gasteiger partial charge is 0.396 e. The van der Waals surface area contributed by atoms with E-state index < -0.39 is 17.7 Å². The Kier molecular flexibility index (Phi) is 7.63. The van der Waals surface area contributed by atoms with Gasteiger partial charge in [-0.1, -0.05) is 31.2 Å². The van der Waals surface area contributed by atoms with Crippen LogP contribution < -0.4 is 4.74 Å². The molecule has 0 saturated carbocycles. The van der Waals surface area contributed by atoms with Crippen molar-refractivity contribution in [3.63, 3.8) is 0 Å². The largest absolute Gasteiger partial charge is 0.491 e. The van der Waals surface area contributed by atoms with E-state index in [1.54, 1.807) is 6.92 Å². The Hall–Kier alpha value is -2.08. The summed E-state index contributed by atoms with van der Waals surface area (Å²) in [6, 6.07) is 11.3. The second kappa shape index (κ2) is 10.0. The van der Waals surface area contributed by atoms with E-state index in [-0.39, 0.29) is 31.9 Å². The molecular formula is C23H30F3N3O2. The highest BCUT2D eigenvalue weighted by molar-refractivity contribution is 5.27. The van der Waals surface area contributed by atoms with Crippen molar-refractivity contribution in [3.8, 4) is 11.8 Å². The van der Waals surface area contributed by atoms with Gasteiger partial charge < -0.3 is 9.84 Å². The van der Waals surface area contributed by atoms with Gasteiger partial charge in [-0.05, 0) is 30.9 Å². The Morgan fingerprint density at radius 2 is 1.84 bits per heavy atom. The van der Waals surface area contributed by atoms with Crippen LogP contribution in [0.2, 0.25) is 0 Å². The number of para-hydroxylation sites is 1. The Bertz CT molecular complexity index is 785. The van der Waals surface area contributed by atoms with Gasteiger partial charge in [-0.15, -0.1) is 0 Å². The van der Waals surface area contributed by atoms with Crippen molar-refractivity contribution in [2.75, 3.05) is 45.9 Å². The van der Waals surface area contributed by atoms with Crippen LogP contribution in [0.1, 0.15) is 19.8 Å². The molecule has 1 fully saturated rings. The molecule has 0 radical (unpaired) electrons. The molecule has 3 unspecified atom stereocenters. The van der Waals surface area contributed by atoms with Crippen LogP contribution in [0.5, 0.6) is 5.75 Å². The highest BCUT2D eigenvalue weighted by atomic mass is 19.4. The molecule has 0 amide bonds. The molecule has 1 saturated heterocycles. The van der Waals surface area contributed by atoms with Crippen molar-refractivity contribution in [1.29, 1.82) is 5.26 Å². The van der Waals surface area contributed by atoms with Crippen molar-refractivity contribution in [3.05, 3.63) is 42.0 Å². The van der Waals surface area contributed by atoms with Gasteiger partial charge in [0.1, 0.15) is 18.5 Å². The molecule has 5 nitrogen and oxygen atoms in total. The van der Waals surface area contributed by atoms with Gasteiger partial charge >= 0.3 is 6.18 Å². The van der Waals surface area contributed by atoms with Crippen molar-refractivity contribution >= 4 is 0 Å². The SMILES string of the molecule is CC1CC(CN2CCN(CC(O)COc3ccccc3)CC2)(C(F)(F)F)CC=C1C#N. The first-order chi connectivity index (χ1) is 14.7. The number of aliphatic hydroxyl groups excluding tert-OH is 1. The van der Waals surface area contributed by atoms with E-state index in [1.807, 2.05) is 41.3 Å². The number of hydrogen-bond acceptors (Lipinski definition) is 5. The summed E-state index contributed by atoms with van der Waals surface area (Å²) in [5, 5.41) is 19.4. The minimum atomic E-state index is -4.32. The molecule has 31 heavy (non-hydrogen) atoms. The number of hydrogen-bond donors (Lipinski definition) is 1. The van der Waals surface area contributed by atoms with E-state index >= 15 is 0 Å². The molecule has 8 heteroatoms. The van der Waals surface area contributed by atoms with Crippen LogP contribution in [0.4, 0.5) is 13.2 Å². The average molecular weight is 438 g/mol. The molecule has 1 heterocycles. The molecule has 3 atom stereocenters. The van der Waals surface area contributed by atoms with Crippen LogP contribution in [-0.4, -0.2) is 73.1 Å². The lowest BCUT2D eigenvalue weighted by Gasteiger charge is -2.45. The predicted octanol–water partition coefficient (Wildman–Crippen LogP) is 3.47. The zero-order valence-corrected chi connectivity index (χ0v) is 17.8. The van der Waals surface area contributed by atoms with E-state index in [9.17, 15) is 18.3 Å². The maximum absolute atomic E-state index is 14.0. The molecule has 1 N–H and O–H groups in total. The Balaban J connectivity index is 1.49. The molecule has 1 aromatic rings. The molecule has 1 aromatic carbocycles. The normalized spacial score (nSPS) is 26.7.